The fourth-order valence-corrected chi connectivity index (χ4v) is 4.08. The van der Waals surface area contributed by atoms with Crippen LogP contribution in [0.4, 0.5) is 8.78 Å². The van der Waals surface area contributed by atoms with Gasteiger partial charge in [-0.05, 0) is 38.5 Å². The summed E-state index contributed by atoms with van der Waals surface area (Å²) in [4.78, 5) is 2.22. The number of rotatable bonds is 3. The summed E-state index contributed by atoms with van der Waals surface area (Å²) in [7, 11) is 0. The van der Waals surface area contributed by atoms with Crippen molar-refractivity contribution in [2.24, 2.45) is 5.73 Å². The number of aliphatic hydroxyl groups is 1. The first-order valence-corrected chi connectivity index (χ1v) is 9.09. The molecule has 0 saturated carbocycles. The predicted octanol–water partition coefficient (Wildman–Crippen LogP) is 2.09. The molecule has 27 heavy (non-hydrogen) atoms. The largest absolute Gasteiger partial charge is 0.384 e. The summed E-state index contributed by atoms with van der Waals surface area (Å²) in [6, 6.07) is 2.96. The smallest absolute Gasteiger partial charge is 0.129 e. The number of hydrogen-bond donors (Lipinski definition) is 3. The van der Waals surface area contributed by atoms with Gasteiger partial charge in [-0.2, -0.15) is 5.10 Å². The van der Waals surface area contributed by atoms with E-state index in [4.69, 9.17) is 10.5 Å². The lowest BCUT2D eigenvalue weighted by Crippen LogP contribution is -2.47. The molecular formula is C19H24F2N4O2. The maximum absolute atomic E-state index is 14.1. The standard InChI is InChI=1S/C19H24F2N4O2/c1-19(2,26)18-13-7-25(8-16(13)23-24-18)11-6-15(22)17(27-9-11)12-5-10(20)3-4-14(12)21/h3-5,11,15,17,26H,6-9,22H2,1-2H3,(H,23,24)/t11-,15+,17-/m1/s1. The summed E-state index contributed by atoms with van der Waals surface area (Å²) in [5.41, 5.74) is 8.07. The van der Waals surface area contributed by atoms with Crippen LogP contribution in [0.2, 0.25) is 0 Å². The zero-order valence-corrected chi connectivity index (χ0v) is 15.4. The molecule has 0 spiro atoms. The molecule has 0 unspecified atom stereocenters. The van der Waals surface area contributed by atoms with Gasteiger partial charge in [0.15, 0.2) is 0 Å². The summed E-state index contributed by atoms with van der Waals surface area (Å²) in [5, 5.41) is 17.5. The van der Waals surface area contributed by atoms with Crippen molar-refractivity contribution in [2.45, 2.75) is 57.1 Å². The number of halogens is 2. The molecule has 0 radical (unpaired) electrons. The Bertz CT molecular complexity index is 849. The van der Waals surface area contributed by atoms with Gasteiger partial charge in [-0.3, -0.25) is 10.00 Å². The fraction of sp³-hybridized carbons (Fsp3) is 0.526. The van der Waals surface area contributed by atoms with Crippen molar-refractivity contribution in [2.75, 3.05) is 6.61 Å². The Morgan fingerprint density at radius 3 is 2.81 bits per heavy atom. The lowest BCUT2D eigenvalue weighted by atomic mass is 9.93. The minimum atomic E-state index is -1.01. The molecule has 0 bridgehead atoms. The number of nitrogens with one attached hydrogen (secondary N) is 1. The molecule has 146 valence electrons. The molecule has 2 aliphatic heterocycles. The topological polar surface area (TPSA) is 87.4 Å². The van der Waals surface area contributed by atoms with E-state index in [0.717, 1.165) is 29.5 Å². The van der Waals surface area contributed by atoms with E-state index in [2.05, 4.69) is 15.1 Å². The molecule has 4 N–H and O–H groups in total. The van der Waals surface area contributed by atoms with Gasteiger partial charge in [0, 0.05) is 36.3 Å². The zero-order chi connectivity index (χ0) is 19.3. The predicted molar refractivity (Wildman–Crippen MR) is 94.5 cm³/mol. The third-order valence-electron chi connectivity index (χ3n) is 5.44. The number of nitrogens with two attached hydrogens (primary N) is 1. The second-order valence-corrected chi connectivity index (χ2v) is 7.97. The number of hydrogen-bond acceptors (Lipinski definition) is 5. The van der Waals surface area contributed by atoms with Gasteiger partial charge in [-0.15, -0.1) is 0 Å². The van der Waals surface area contributed by atoms with Gasteiger partial charge in [0.25, 0.3) is 0 Å². The SMILES string of the molecule is CC(C)(O)c1n[nH]c2c1CN([C@H]1CO[C@H](c3cc(F)ccc3F)[C@@H](N)C1)C2. The van der Waals surface area contributed by atoms with Crippen molar-refractivity contribution in [3.05, 3.63) is 52.3 Å². The molecule has 1 aromatic carbocycles. The first-order valence-electron chi connectivity index (χ1n) is 9.09. The van der Waals surface area contributed by atoms with Crippen molar-refractivity contribution in [3.63, 3.8) is 0 Å². The van der Waals surface area contributed by atoms with Crippen LogP contribution in [0.15, 0.2) is 18.2 Å². The highest BCUT2D eigenvalue weighted by Gasteiger charge is 2.38. The van der Waals surface area contributed by atoms with E-state index < -0.39 is 29.4 Å². The fourth-order valence-electron chi connectivity index (χ4n) is 4.08. The average Bonchev–Trinajstić information content (AvgIpc) is 3.16. The average molecular weight is 378 g/mol. The van der Waals surface area contributed by atoms with E-state index in [9.17, 15) is 13.9 Å². The normalized spacial score (nSPS) is 26.4. The van der Waals surface area contributed by atoms with Crippen LogP contribution in [0.5, 0.6) is 0 Å². The Labute approximate surface area is 156 Å². The van der Waals surface area contributed by atoms with Gasteiger partial charge in [-0.25, -0.2) is 8.78 Å². The maximum Gasteiger partial charge on any atom is 0.129 e. The molecule has 2 aliphatic rings. The lowest BCUT2D eigenvalue weighted by molar-refractivity contribution is -0.0535. The Morgan fingerprint density at radius 1 is 1.33 bits per heavy atom. The first-order chi connectivity index (χ1) is 12.7. The van der Waals surface area contributed by atoms with Crippen LogP contribution in [-0.4, -0.2) is 38.9 Å². The minimum Gasteiger partial charge on any atom is -0.384 e. The van der Waals surface area contributed by atoms with Crippen molar-refractivity contribution in [1.29, 1.82) is 0 Å². The molecule has 0 aliphatic carbocycles. The molecule has 0 amide bonds. The van der Waals surface area contributed by atoms with E-state index in [1.807, 2.05) is 0 Å². The molecular weight excluding hydrogens is 354 g/mol. The van der Waals surface area contributed by atoms with E-state index >= 15 is 0 Å². The van der Waals surface area contributed by atoms with E-state index in [-0.39, 0.29) is 11.6 Å². The van der Waals surface area contributed by atoms with Gasteiger partial charge < -0.3 is 15.6 Å². The lowest BCUT2D eigenvalue weighted by Gasteiger charge is -2.38. The van der Waals surface area contributed by atoms with Crippen molar-refractivity contribution in [1.82, 2.24) is 15.1 Å². The number of nitrogens with zero attached hydrogens (tertiary/aromatic N) is 2. The number of aromatic nitrogens is 2. The maximum atomic E-state index is 14.1. The van der Waals surface area contributed by atoms with Crippen LogP contribution < -0.4 is 5.73 Å². The molecule has 8 heteroatoms. The zero-order valence-electron chi connectivity index (χ0n) is 15.4. The Morgan fingerprint density at radius 2 is 2.11 bits per heavy atom. The van der Waals surface area contributed by atoms with Gasteiger partial charge >= 0.3 is 0 Å². The van der Waals surface area contributed by atoms with Crippen molar-refractivity contribution >= 4 is 0 Å². The molecule has 1 fully saturated rings. The van der Waals surface area contributed by atoms with Gasteiger partial charge in [0.05, 0.1) is 18.0 Å². The van der Waals surface area contributed by atoms with Crippen LogP contribution in [0, 0.1) is 11.6 Å². The van der Waals surface area contributed by atoms with Gasteiger partial charge in [0.2, 0.25) is 0 Å². The van der Waals surface area contributed by atoms with E-state index in [1.165, 1.54) is 0 Å². The number of ether oxygens (including phenoxy) is 1. The first kappa shape index (κ1) is 18.5. The molecule has 3 heterocycles. The Balaban J connectivity index is 1.46. The molecule has 1 saturated heterocycles. The van der Waals surface area contributed by atoms with Crippen molar-refractivity contribution in [3.8, 4) is 0 Å². The van der Waals surface area contributed by atoms with Crippen molar-refractivity contribution < 1.29 is 18.6 Å². The highest BCUT2D eigenvalue weighted by atomic mass is 19.1. The van der Waals surface area contributed by atoms with Crippen LogP contribution in [0.3, 0.4) is 0 Å². The second-order valence-electron chi connectivity index (χ2n) is 7.97. The molecule has 1 aromatic heterocycles. The Kier molecular flexibility index (Phi) is 4.54. The van der Waals surface area contributed by atoms with Gasteiger partial charge in [0.1, 0.15) is 23.3 Å². The number of fused-ring (bicyclic) bond motifs is 1. The third kappa shape index (κ3) is 3.38. The number of H-pyrrole nitrogens is 1. The summed E-state index contributed by atoms with van der Waals surface area (Å²) in [6.07, 6.45) is -0.0538. The van der Waals surface area contributed by atoms with Crippen LogP contribution in [0.1, 0.15) is 48.9 Å². The Hall–Kier alpha value is -1.87. The monoisotopic (exact) mass is 378 g/mol. The molecule has 3 atom stereocenters. The minimum absolute atomic E-state index is 0.0586. The summed E-state index contributed by atoms with van der Waals surface area (Å²) in [6.45, 7) is 5.11. The van der Waals surface area contributed by atoms with Crippen LogP contribution in [-0.2, 0) is 23.4 Å². The summed E-state index contributed by atoms with van der Waals surface area (Å²) < 4.78 is 33.4. The highest BCUT2D eigenvalue weighted by molar-refractivity contribution is 5.32. The highest BCUT2D eigenvalue weighted by Crippen LogP contribution is 2.36. The third-order valence-corrected chi connectivity index (χ3v) is 5.44. The van der Waals surface area contributed by atoms with E-state index in [1.54, 1.807) is 13.8 Å². The van der Waals surface area contributed by atoms with Gasteiger partial charge in [-0.1, -0.05) is 0 Å². The van der Waals surface area contributed by atoms with E-state index in [0.29, 0.717) is 31.8 Å². The number of aromatic amines is 1. The summed E-state index contributed by atoms with van der Waals surface area (Å²) in [5.74, 6) is -1.01. The molecule has 6 nitrogen and oxygen atoms in total. The van der Waals surface area contributed by atoms with Crippen LogP contribution in [0.25, 0.3) is 0 Å². The van der Waals surface area contributed by atoms with Crippen LogP contribution >= 0.6 is 0 Å². The molecule has 2 aromatic rings. The molecule has 4 rings (SSSR count). The number of benzene rings is 1. The quantitative estimate of drug-likeness (QED) is 0.761. The summed E-state index contributed by atoms with van der Waals surface area (Å²) >= 11 is 0. The second kappa shape index (κ2) is 6.63.